The zero-order valence-electron chi connectivity index (χ0n) is 16.1. The van der Waals surface area contributed by atoms with Crippen molar-refractivity contribution in [1.29, 1.82) is 0 Å². The first kappa shape index (κ1) is 20.5. The molecular formula is C22H24N2O2S. The highest BCUT2D eigenvalue weighted by molar-refractivity contribution is 7.17. The van der Waals surface area contributed by atoms with Crippen molar-refractivity contribution in [3.05, 3.63) is 76.6 Å². The van der Waals surface area contributed by atoms with Crippen LogP contribution in [0, 0.1) is 0 Å². The third kappa shape index (κ3) is 5.59. The minimum absolute atomic E-state index is 0.253. The largest absolute Gasteiger partial charge is 0.478 e. The van der Waals surface area contributed by atoms with Crippen LogP contribution in [0.15, 0.2) is 70.4 Å². The van der Waals surface area contributed by atoms with Gasteiger partial charge in [-0.2, -0.15) is 0 Å². The molecule has 1 N–H and O–H groups in total. The Morgan fingerprint density at radius 1 is 1.15 bits per heavy atom. The molecule has 5 heteroatoms. The predicted octanol–water partition coefficient (Wildman–Crippen LogP) is 5.73. The molecule has 0 aliphatic carbocycles. The number of thiophene rings is 1. The standard InChI is InChI=1S/C12H14N2O2.C10H10S/c1-8(12(15)16)9(2)14-10(3)11-5-4-6-13-7-11;1-2-8-4-3-5-9-6-7-11-10(8)9/h4-7H,1-3H3,(H,15,16);3-7H,2H2,1H3/b9-8+,14-10?;. The molecule has 0 bridgehead atoms. The number of carbonyl (C=O) groups is 1. The van der Waals surface area contributed by atoms with E-state index >= 15 is 0 Å². The molecule has 0 saturated heterocycles. The first-order valence-corrected chi connectivity index (χ1v) is 9.63. The van der Waals surface area contributed by atoms with Crippen LogP contribution in [0.4, 0.5) is 0 Å². The molecule has 140 valence electrons. The Morgan fingerprint density at radius 2 is 1.93 bits per heavy atom. The predicted molar refractivity (Wildman–Crippen MR) is 114 cm³/mol. The second kappa shape index (κ2) is 9.78. The van der Waals surface area contributed by atoms with Gasteiger partial charge >= 0.3 is 5.97 Å². The van der Waals surface area contributed by atoms with Gasteiger partial charge in [-0.15, -0.1) is 11.3 Å². The summed E-state index contributed by atoms with van der Waals surface area (Å²) in [5.41, 5.74) is 3.88. The molecule has 4 nitrogen and oxygen atoms in total. The average Bonchev–Trinajstić information content (AvgIpc) is 3.17. The van der Waals surface area contributed by atoms with Gasteiger partial charge in [0.2, 0.25) is 0 Å². The van der Waals surface area contributed by atoms with Crippen molar-refractivity contribution in [2.24, 2.45) is 4.99 Å². The summed E-state index contributed by atoms with van der Waals surface area (Å²) < 4.78 is 1.45. The van der Waals surface area contributed by atoms with Gasteiger partial charge in [-0.3, -0.25) is 9.98 Å². The molecule has 0 unspecified atom stereocenters. The number of carboxylic acids is 1. The normalized spacial score (nSPS) is 12.2. The number of benzene rings is 1. The number of aliphatic imine (C=N–C) groups is 1. The monoisotopic (exact) mass is 380 g/mol. The fraction of sp³-hybridized carbons (Fsp3) is 0.227. The van der Waals surface area contributed by atoms with Crippen LogP contribution in [0.25, 0.3) is 10.1 Å². The van der Waals surface area contributed by atoms with Crippen LogP contribution in [-0.4, -0.2) is 21.8 Å². The van der Waals surface area contributed by atoms with Gasteiger partial charge in [0, 0.05) is 34.1 Å². The minimum Gasteiger partial charge on any atom is -0.478 e. The second-order valence-corrected chi connectivity index (χ2v) is 6.98. The van der Waals surface area contributed by atoms with Crippen molar-refractivity contribution < 1.29 is 9.90 Å². The Balaban J connectivity index is 0.000000206. The van der Waals surface area contributed by atoms with Gasteiger partial charge in [0.25, 0.3) is 0 Å². The van der Waals surface area contributed by atoms with Crippen LogP contribution >= 0.6 is 11.3 Å². The topological polar surface area (TPSA) is 62.5 Å². The molecule has 3 rings (SSSR count). The molecule has 0 aliphatic rings. The zero-order valence-corrected chi connectivity index (χ0v) is 16.9. The lowest BCUT2D eigenvalue weighted by molar-refractivity contribution is -0.132. The summed E-state index contributed by atoms with van der Waals surface area (Å²) >= 11 is 1.84. The summed E-state index contributed by atoms with van der Waals surface area (Å²) in [7, 11) is 0. The third-order valence-electron chi connectivity index (χ3n) is 4.22. The number of aliphatic carboxylic acids is 1. The number of hydrogen-bond donors (Lipinski definition) is 1. The Bertz CT molecular complexity index is 972. The van der Waals surface area contributed by atoms with Crippen LogP contribution in [-0.2, 0) is 11.2 Å². The molecule has 0 fully saturated rings. The molecule has 0 spiro atoms. The van der Waals surface area contributed by atoms with E-state index in [2.05, 4.69) is 46.5 Å². The Hall–Kier alpha value is -2.79. The van der Waals surface area contributed by atoms with Gasteiger partial charge in [-0.1, -0.05) is 31.2 Å². The van der Waals surface area contributed by atoms with Crippen molar-refractivity contribution in [2.45, 2.75) is 34.1 Å². The summed E-state index contributed by atoms with van der Waals surface area (Å²) in [5.74, 6) is -0.944. The lowest BCUT2D eigenvalue weighted by atomic mass is 10.1. The molecule has 1 aromatic carbocycles. The van der Waals surface area contributed by atoms with Crippen molar-refractivity contribution in [1.82, 2.24) is 4.98 Å². The number of aromatic nitrogens is 1. The van der Waals surface area contributed by atoms with Crippen LogP contribution in [0.2, 0.25) is 0 Å². The molecule has 0 amide bonds. The van der Waals surface area contributed by atoms with Gasteiger partial charge in [0.05, 0.1) is 5.57 Å². The van der Waals surface area contributed by atoms with Crippen molar-refractivity contribution in [2.75, 3.05) is 0 Å². The van der Waals surface area contributed by atoms with E-state index in [0.717, 1.165) is 17.7 Å². The van der Waals surface area contributed by atoms with Gasteiger partial charge < -0.3 is 5.11 Å². The smallest absolute Gasteiger partial charge is 0.333 e. The highest BCUT2D eigenvalue weighted by Gasteiger charge is 2.05. The van der Waals surface area contributed by atoms with Crippen molar-refractivity contribution in [3.8, 4) is 0 Å². The van der Waals surface area contributed by atoms with Crippen molar-refractivity contribution in [3.63, 3.8) is 0 Å². The molecule has 0 saturated carbocycles. The molecular weight excluding hydrogens is 356 g/mol. The molecule has 2 aromatic heterocycles. The first-order chi connectivity index (χ1) is 12.9. The maximum absolute atomic E-state index is 10.7. The molecule has 0 aliphatic heterocycles. The van der Waals surface area contributed by atoms with E-state index in [0.29, 0.717) is 5.70 Å². The van der Waals surface area contributed by atoms with Crippen molar-refractivity contribution >= 4 is 33.1 Å². The number of pyridine rings is 1. The summed E-state index contributed by atoms with van der Waals surface area (Å²) in [5, 5.41) is 12.3. The molecule has 0 atom stereocenters. The maximum Gasteiger partial charge on any atom is 0.333 e. The fourth-order valence-electron chi connectivity index (χ4n) is 2.46. The Morgan fingerprint density at radius 3 is 2.56 bits per heavy atom. The first-order valence-electron chi connectivity index (χ1n) is 8.75. The number of hydrogen-bond acceptors (Lipinski definition) is 4. The van der Waals surface area contributed by atoms with Gasteiger partial charge in [0.15, 0.2) is 0 Å². The molecule has 27 heavy (non-hydrogen) atoms. The minimum atomic E-state index is -0.944. The SMILES string of the molecule is CC(=N/C(C)=C(\C)C(=O)O)c1cccnc1.CCc1cccc2ccsc12. The number of rotatable bonds is 4. The summed E-state index contributed by atoms with van der Waals surface area (Å²) in [4.78, 5) is 18.9. The van der Waals surface area contributed by atoms with Gasteiger partial charge in [-0.25, -0.2) is 4.79 Å². The van der Waals surface area contributed by atoms with Crippen LogP contribution in [0.5, 0.6) is 0 Å². The number of nitrogens with zero attached hydrogens (tertiary/aromatic N) is 2. The second-order valence-electron chi connectivity index (χ2n) is 6.06. The lowest BCUT2D eigenvalue weighted by Gasteiger charge is -2.02. The third-order valence-corrected chi connectivity index (χ3v) is 5.23. The van der Waals surface area contributed by atoms with Gasteiger partial charge in [-0.05, 0) is 55.7 Å². The van der Waals surface area contributed by atoms with E-state index in [1.807, 2.05) is 30.4 Å². The van der Waals surface area contributed by atoms with E-state index in [1.54, 1.807) is 19.3 Å². The summed E-state index contributed by atoms with van der Waals surface area (Å²) in [6.07, 6.45) is 4.52. The number of allylic oxidation sites excluding steroid dienone is 1. The summed E-state index contributed by atoms with van der Waals surface area (Å²) in [6.45, 7) is 7.26. The highest BCUT2D eigenvalue weighted by Crippen LogP contribution is 2.24. The Labute approximate surface area is 163 Å². The zero-order chi connectivity index (χ0) is 19.8. The van der Waals surface area contributed by atoms with Crippen LogP contribution < -0.4 is 0 Å². The lowest BCUT2D eigenvalue weighted by Crippen LogP contribution is -2.01. The summed E-state index contributed by atoms with van der Waals surface area (Å²) in [6, 6.07) is 12.4. The van der Waals surface area contributed by atoms with Gasteiger partial charge in [0.1, 0.15) is 0 Å². The van der Waals surface area contributed by atoms with E-state index in [9.17, 15) is 4.79 Å². The number of fused-ring (bicyclic) bond motifs is 1. The molecule has 3 aromatic rings. The van der Waals surface area contributed by atoms with E-state index in [1.165, 1.54) is 22.6 Å². The van der Waals surface area contributed by atoms with Crippen LogP contribution in [0.3, 0.4) is 0 Å². The number of carboxylic acid groups (broad SMARTS) is 1. The quantitative estimate of drug-likeness (QED) is 0.464. The van der Waals surface area contributed by atoms with E-state index in [-0.39, 0.29) is 5.57 Å². The highest BCUT2D eigenvalue weighted by atomic mass is 32.1. The Kier molecular flexibility index (Phi) is 7.44. The fourth-order valence-corrected chi connectivity index (χ4v) is 3.45. The van der Waals surface area contributed by atoms with Crippen LogP contribution in [0.1, 0.15) is 38.8 Å². The molecule has 0 radical (unpaired) electrons. The average molecular weight is 381 g/mol. The number of aryl methyl sites for hydroxylation is 1. The molecule has 2 heterocycles. The van der Waals surface area contributed by atoms with E-state index in [4.69, 9.17) is 5.11 Å². The van der Waals surface area contributed by atoms with E-state index < -0.39 is 5.97 Å². The maximum atomic E-state index is 10.7.